The molecule has 22 heavy (non-hydrogen) atoms. The summed E-state index contributed by atoms with van der Waals surface area (Å²) in [5.74, 6) is -0.0576. The molecule has 0 fully saturated rings. The van der Waals surface area contributed by atoms with Crippen molar-refractivity contribution >= 4 is 5.78 Å². The van der Waals surface area contributed by atoms with E-state index in [4.69, 9.17) is 0 Å². The molecule has 116 valence electrons. The van der Waals surface area contributed by atoms with Crippen molar-refractivity contribution in [2.75, 3.05) is 12.1 Å². The third-order valence-electron chi connectivity index (χ3n) is 3.99. The summed E-state index contributed by atoms with van der Waals surface area (Å²) >= 11 is 0. The Labute approximate surface area is 125 Å². The number of rotatable bonds is 2. The lowest BCUT2D eigenvalue weighted by molar-refractivity contribution is -0.144. The molecule has 0 aliphatic heterocycles. The summed E-state index contributed by atoms with van der Waals surface area (Å²) in [7, 11) is 1.54. The van der Waals surface area contributed by atoms with Gasteiger partial charge in [-0.1, -0.05) is 24.3 Å². The van der Waals surface area contributed by atoms with Gasteiger partial charge in [-0.3, -0.25) is 4.79 Å². The quantitative estimate of drug-likeness (QED) is 0.855. The number of halogens is 3. The fraction of sp³-hybridized carbons (Fsp3) is 0.333. The number of hydrogen-bond acceptors (Lipinski definition) is 3. The van der Waals surface area contributed by atoms with E-state index in [1.165, 1.54) is 19.0 Å². The maximum atomic E-state index is 13.2. The molecule has 0 saturated carbocycles. The average molecular weight is 309 g/mol. The zero-order valence-electron chi connectivity index (χ0n) is 12.1. The summed E-state index contributed by atoms with van der Waals surface area (Å²) in [6.45, 7) is 1.32. The minimum absolute atomic E-state index is 0.0576. The highest BCUT2D eigenvalue weighted by Crippen LogP contribution is 2.37. The van der Waals surface area contributed by atoms with Crippen LogP contribution in [0.1, 0.15) is 39.8 Å². The van der Waals surface area contributed by atoms with E-state index in [2.05, 4.69) is 4.98 Å². The Bertz CT molecular complexity index is 736. The molecule has 1 aliphatic rings. The molecule has 0 bridgehead atoms. The normalized spacial score (nSPS) is 17.7. The van der Waals surface area contributed by atoms with Crippen molar-refractivity contribution in [3.05, 3.63) is 53.1 Å². The van der Waals surface area contributed by atoms with E-state index in [-0.39, 0.29) is 17.9 Å². The minimum atomic E-state index is -4.50. The number of Topliss-reactive ketones (excluding diaryl/α,β-unsaturated/α-hetero) is 1. The highest BCUT2D eigenvalue weighted by atomic mass is 19.4. The first-order valence-corrected chi connectivity index (χ1v) is 6.77. The van der Waals surface area contributed by atoms with Crippen LogP contribution in [0.15, 0.2) is 30.6 Å². The Kier molecular flexibility index (Phi) is 3.23. The van der Waals surface area contributed by atoms with Crippen molar-refractivity contribution in [3.63, 3.8) is 0 Å². The van der Waals surface area contributed by atoms with Crippen LogP contribution in [0.4, 0.5) is 13.2 Å². The van der Waals surface area contributed by atoms with Crippen LogP contribution in [0.5, 0.6) is 0 Å². The third kappa shape index (κ3) is 2.17. The maximum Gasteiger partial charge on any atom is 0.435 e. The Balaban J connectivity index is 2.04. The van der Waals surface area contributed by atoms with Gasteiger partial charge in [0.1, 0.15) is 6.33 Å². The van der Waals surface area contributed by atoms with Crippen molar-refractivity contribution in [2.45, 2.75) is 25.6 Å². The van der Waals surface area contributed by atoms with Crippen LogP contribution in [0.2, 0.25) is 0 Å². The zero-order chi connectivity index (χ0) is 16.1. The van der Waals surface area contributed by atoms with Crippen LogP contribution in [-0.2, 0) is 6.18 Å². The number of aryl methyl sites for hydroxylation is 1. The van der Waals surface area contributed by atoms with Gasteiger partial charge < -0.3 is 5.01 Å². The number of carbonyl (C=O) groups excluding carboxylic acids is 1. The number of carbonyl (C=O) groups is 1. The highest BCUT2D eigenvalue weighted by Gasteiger charge is 2.40. The van der Waals surface area contributed by atoms with Crippen molar-refractivity contribution < 1.29 is 18.0 Å². The van der Waals surface area contributed by atoms with Gasteiger partial charge in [0.15, 0.2) is 11.5 Å². The van der Waals surface area contributed by atoms with Crippen molar-refractivity contribution in [1.29, 1.82) is 0 Å². The lowest BCUT2D eigenvalue weighted by Crippen LogP contribution is -2.36. The molecule has 0 radical (unpaired) electrons. The van der Waals surface area contributed by atoms with E-state index in [0.29, 0.717) is 5.56 Å². The molecular formula is C15H14F3N3O. The van der Waals surface area contributed by atoms with Gasteiger partial charge >= 0.3 is 6.18 Å². The number of imidazole rings is 1. The summed E-state index contributed by atoms with van der Waals surface area (Å²) in [6, 6.07) is 6.58. The van der Waals surface area contributed by atoms with Crippen LogP contribution >= 0.6 is 0 Å². The molecule has 1 aliphatic carbocycles. The molecule has 7 heteroatoms. The fourth-order valence-electron chi connectivity index (χ4n) is 2.92. The number of hydrogen-bond donors (Lipinski definition) is 0. The number of fused-ring (bicyclic) bond motifs is 1. The first-order valence-electron chi connectivity index (χ1n) is 6.77. The largest absolute Gasteiger partial charge is 0.435 e. The standard InChI is InChI=1S/C15H14F3N3O/c1-9-14(15(16,17)18)21(8-19-9)20(2)12-7-13(22)11-6-4-3-5-10(11)12/h3-6,8,12H,7H2,1-2H3. The second kappa shape index (κ2) is 4.86. The molecule has 1 aromatic carbocycles. The third-order valence-corrected chi connectivity index (χ3v) is 3.99. The summed E-state index contributed by atoms with van der Waals surface area (Å²) in [5.41, 5.74) is 0.419. The molecule has 0 saturated heterocycles. The van der Waals surface area contributed by atoms with Gasteiger partial charge in [-0.2, -0.15) is 13.2 Å². The van der Waals surface area contributed by atoms with E-state index >= 15 is 0 Å². The molecule has 1 heterocycles. The second-order valence-corrected chi connectivity index (χ2v) is 5.32. The summed E-state index contributed by atoms with van der Waals surface area (Å²) in [4.78, 5) is 15.8. The monoisotopic (exact) mass is 309 g/mol. The van der Waals surface area contributed by atoms with E-state index in [0.717, 1.165) is 16.6 Å². The van der Waals surface area contributed by atoms with Crippen LogP contribution in [0, 0.1) is 6.92 Å². The Morgan fingerprint density at radius 1 is 1.32 bits per heavy atom. The lowest BCUT2D eigenvalue weighted by atomic mass is 10.1. The molecular weight excluding hydrogens is 295 g/mol. The molecule has 1 aromatic heterocycles. The van der Waals surface area contributed by atoms with Gasteiger partial charge in [-0.15, -0.1) is 0 Å². The van der Waals surface area contributed by atoms with Gasteiger partial charge in [-0.25, -0.2) is 9.66 Å². The number of nitrogens with zero attached hydrogens (tertiary/aromatic N) is 3. The second-order valence-electron chi connectivity index (χ2n) is 5.32. The average Bonchev–Trinajstić information content (AvgIpc) is 2.99. The topological polar surface area (TPSA) is 38.1 Å². The molecule has 0 N–H and O–H groups in total. The first kappa shape index (κ1) is 14.6. The van der Waals surface area contributed by atoms with Crippen LogP contribution < -0.4 is 5.01 Å². The zero-order valence-corrected chi connectivity index (χ0v) is 12.1. The number of alkyl halides is 3. The molecule has 1 atom stereocenters. The van der Waals surface area contributed by atoms with Crippen LogP contribution in [0.3, 0.4) is 0 Å². The van der Waals surface area contributed by atoms with Gasteiger partial charge in [0.05, 0.1) is 11.7 Å². The minimum Gasteiger partial charge on any atom is -0.306 e. The van der Waals surface area contributed by atoms with Crippen molar-refractivity contribution in [1.82, 2.24) is 9.66 Å². The Morgan fingerprint density at radius 3 is 2.68 bits per heavy atom. The number of benzene rings is 1. The maximum absolute atomic E-state index is 13.2. The van der Waals surface area contributed by atoms with Crippen LogP contribution in [0.25, 0.3) is 0 Å². The van der Waals surface area contributed by atoms with E-state index in [9.17, 15) is 18.0 Å². The predicted molar refractivity (Wildman–Crippen MR) is 74.2 cm³/mol. The highest BCUT2D eigenvalue weighted by molar-refractivity contribution is 6.01. The van der Waals surface area contributed by atoms with Crippen molar-refractivity contribution in [2.24, 2.45) is 0 Å². The fourth-order valence-corrected chi connectivity index (χ4v) is 2.92. The Morgan fingerprint density at radius 2 is 2.00 bits per heavy atom. The van der Waals surface area contributed by atoms with Crippen molar-refractivity contribution in [3.8, 4) is 0 Å². The summed E-state index contributed by atoms with van der Waals surface area (Å²) in [6.07, 6.45) is -3.20. The smallest absolute Gasteiger partial charge is 0.306 e. The molecule has 1 unspecified atom stereocenters. The van der Waals surface area contributed by atoms with Gasteiger partial charge in [0.2, 0.25) is 0 Å². The summed E-state index contributed by atoms with van der Waals surface area (Å²) < 4.78 is 40.6. The van der Waals surface area contributed by atoms with Crippen LogP contribution in [-0.4, -0.2) is 22.5 Å². The molecule has 2 aromatic rings. The van der Waals surface area contributed by atoms with E-state index in [1.807, 2.05) is 0 Å². The van der Waals surface area contributed by atoms with Gasteiger partial charge in [-0.05, 0) is 12.5 Å². The molecule has 0 amide bonds. The molecule has 3 rings (SSSR count). The van der Waals surface area contributed by atoms with E-state index in [1.54, 1.807) is 24.3 Å². The first-order chi connectivity index (χ1) is 10.3. The van der Waals surface area contributed by atoms with E-state index < -0.39 is 17.9 Å². The SMILES string of the molecule is Cc1ncn(N(C)C2CC(=O)c3ccccc32)c1C(F)(F)F. The number of ketones is 1. The molecule has 0 spiro atoms. The van der Waals surface area contributed by atoms with Gasteiger partial charge in [0.25, 0.3) is 0 Å². The molecule has 4 nitrogen and oxygen atoms in total. The lowest BCUT2D eigenvalue weighted by Gasteiger charge is -2.29. The predicted octanol–water partition coefficient (Wildman–Crippen LogP) is 3.11. The van der Waals surface area contributed by atoms with Gasteiger partial charge in [0, 0.05) is 19.0 Å². The Hall–Kier alpha value is -2.31. The number of aromatic nitrogens is 2. The summed E-state index contributed by atoms with van der Waals surface area (Å²) in [5, 5.41) is 1.42.